The van der Waals surface area contributed by atoms with Crippen LogP contribution in [0.4, 0.5) is 0 Å². The van der Waals surface area contributed by atoms with E-state index in [9.17, 15) is 0 Å². The van der Waals surface area contributed by atoms with Gasteiger partial charge in [0.1, 0.15) is 0 Å². The lowest BCUT2D eigenvalue weighted by atomic mass is 9.43. The summed E-state index contributed by atoms with van der Waals surface area (Å²) in [5.41, 5.74) is 5.51. The minimum atomic E-state index is 0.559. The summed E-state index contributed by atoms with van der Waals surface area (Å²) in [4.78, 5) is 0. The van der Waals surface area contributed by atoms with E-state index in [0.717, 1.165) is 147 Å². The molecule has 0 aliphatic heterocycles. The Balaban J connectivity index is 0.0000000993. The van der Waals surface area contributed by atoms with Crippen LogP contribution < -0.4 is 0 Å². The largest absolute Gasteiger partial charge is 0.0599 e. The first-order valence-corrected chi connectivity index (χ1v) is 43.4. The van der Waals surface area contributed by atoms with E-state index >= 15 is 0 Å². The summed E-state index contributed by atoms with van der Waals surface area (Å²) in [6, 6.07) is 0. The van der Waals surface area contributed by atoms with Crippen LogP contribution in [-0.2, 0) is 0 Å². The van der Waals surface area contributed by atoms with Gasteiger partial charge in [0.15, 0.2) is 0 Å². The Morgan fingerprint density at radius 1 is 0.226 bits per heavy atom. The predicted molar refractivity (Wildman–Crippen MR) is 401 cm³/mol. The third-order valence-electron chi connectivity index (χ3n) is 36.0. The molecular formula is C93H162. The van der Waals surface area contributed by atoms with E-state index < -0.39 is 0 Å². The van der Waals surface area contributed by atoms with Crippen LogP contribution in [0.3, 0.4) is 0 Å². The molecule has 22 unspecified atom stereocenters. The van der Waals surface area contributed by atoms with E-state index in [1.54, 1.807) is 167 Å². The van der Waals surface area contributed by atoms with Crippen LogP contribution in [0.2, 0.25) is 0 Å². The van der Waals surface area contributed by atoms with Gasteiger partial charge in [-0.15, -0.1) is 0 Å². The van der Waals surface area contributed by atoms with Crippen LogP contribution in [0, 0.1) is 209 Å². The smallest absolute Gasteiger partial charge is 0.0215 e. The van der Waals surface area contributed by atoms with E-state index in [4.69, 9.17) is 0 Å². The molecule has 18 bridgehead atoms. The van der Waals surface area contributed by atoms with Crippen molar-refractivity contribution in [3.8, 4) is 0 Å². The Labute approximate surface area is 581 Å². The highest BCUT2D eigenvalue weighted by atomic mass is 14.7. The highest BCUT2D eigenvalue weighted by Crippen LogP contribution is 2.73. The van der Waals surface area contributed by atoms with Gasteiger partial charge in [0.25, 0.3) is 0 Å². The van der Waals surface area contributed by atoms with E-state index in [1.165, 1.54) is 87.9 Å². The standard InChI is InChI=1S/C16H26.C15H26.2C14H24.C13H22.C11H20.C10H20/c1-16(2,3)13-8-11-7-12(13)15-10-5-4-9(6-10)14(11)15;1-15(2,3)14-9-10-8-13(14)12-7-5-4-6-11(10)12;1-13(2,3)14-7-10-4-11(8-14)6-12(5-10)9-14;1-14(2,3)13-8-9-7-12(13)11-6-4-5-10(9)11;1-12(2,3)13-7-9-4-10(8-13)6-11(13)5-9;1-11(2,3)10-7-8-4-5-9(10)6-8;1-10(2,3)9-7-5-4-6-8-9/h9-15H,4-8H2,1-3H3;10-14H,4-9H2,1-3H3;10-12H,4-9H2,1-3H3;9-13H,4-8H2,1-3H3;9-11H,4-8H2,1-3H3;8-10H,4-7H2,1-3H3;9H,4-8H2,1-3H3. The van der Waals surface area contributed by atoms with E-state index in [2.05, 4.69) is 145 Å². The minimum Gasteiger partial charge on any atom is -0.0599 e. The zero-order valence-electron chi connectivity index (χ0n) is 66.5. The highest BCUT2D eigenvalue weighted by molar-refractivity contribution is 5.14. The normalized spacial score (nSPS) is 48.5. The fourth-order valence-corrected chi connectivity index (χ4v) is 32.2. The summed E-state index contributed by atoms with van der Waals surface area (Å²) < 4.78 is 0. The molecule has 0 nitrogen and oxygen atoms in total. The number of hydrogen-bond acceptors (Lipinski definition) is 0. The summed E-state index contributed by atoms with van der Waals surface area (Å²) in [5.74, 6) is 30.2. The monoisotopic (exact) mass is 1280 g/mol. The maximum absolute atomic E-state index is 2.49. The molecule has 0 N–H and O–H groups in total. The first-order chi connectivity index (χ1) is 43.4. The van der Waals surface area contributed by atoms with Crippen molar-refractivity contribution >= 4 is 0 Å². The van der Waals surface area contributed by atoms with Crippen LogP contribution >= 0.6 is 0 Å². The molecule has 534 valence electrons. The zero-order valence-corrected chi connectivity index (χ0v) is 66.5. The van der Waals surface area contributed by atoms with Gasteiger partial charge < -0.3 is 0 Å². The topological polar surface area (TPSA) is 0 Å². The molecule has 0 aromatic heterocycles. The van der Waals surface area contributed by atoms with E-state index in [-0.39, 0.29) is 0 Å². The van der Waals surface area contributed by atoms with Crippen molar-refractivity contribution < 1.29 is 0 Å². The van der Waals surface area contributed by atoms with Crippen LogP contribution in [0.1, 0.15) is 377 Å². The minimum absolute atomic E-state index is 0.559. The molecule has 0 radical (unpaired) electrons. The summed E-state index contributed by atoms with van der Waals surface area (Å²) in [6.45, 7) is 51.5. The maximum Gasteiger partial charge on any atom is -0.0215 e. The Kier molecular flexibility index (Phi) is 20.0. The van der Waals surface area contributed by atoms with Crippen molar-refractivity contribution in [1.29, 1.82) is 0 Å². The Bertz CT molecular complexity index is 2410. The SMILES string of the molecule is CC(C)(C)C12CC3CC(CC(C3)C1)C2.CC(C)(C)C12CC3CC(CC1C3)C2.CC(C)(C)C1CC2CC1C1C3CCC(C3)C21.CC(C)(C)C1CC2CC1C1CCCC21.CC(C)(C)C1CC2CC1C1CCCCC21.CC(C)(C)C1CC2CCC1C2.CC(C)(C)C1CCCCC1. The Morgan fingerprint density at radius 3 is 1.04 bits per heavy atom. The van der Waals surface area contributed by atoms with Gasteiger partial charge in [0.05, 0.1) is 0 Å². The second-order valence-corrected chi connectivity index (χ2v) is 47.7. The Morgan fingerprint density at radius 2 is 0.634 bits per heavy atom. The zero-order chi connectivity index (χ0) is 66.5. The molecule has 21 fully saturated rings. The van der Waals surface area contributed by atoms with E-state index in [0.29, 0.717) is 37.9 Å². The van der Waals surface area contributed by atoms with Crippen molar-refractivity contribution in [3.05, 3.63) is 0 Å². The molecule has 22 atom stereocenters. The fourth-order valence-electron chi connectivity index (χ4n) is 32.2. The van der Waals surface area contributed by atoms with Crippen LogP contribution in [-0.4, -0.2) is 0 Å². The second-order valence-electron chi connectivity index (χ2n) is 47.7. The molecule has 0 spiro atoms. The summed E-state index contributed by atoms with van der Waals surface area (Å²) in [6.07, 6.45) is 56.0. The molecule has 0 heteroatoms. The van der Waals surface area contributed by atoms with Gasteiger partial charge in [-0.2, -0.15) is 0 Å². The number of fused-ring (bicyclic) bond motifs is 21. The lowest BCUT2D eigenvalue weighted by molar-refractivity contribution is -0.113. The van der Waals surface area contributed by atoms with Crippen LogP contribution in [0.5, 0.6) is 0 Å². The first kappa shape index (κ1) is 71.4. The van der Waals surface area contributed by atoms with Gasteiger partial charge in [-0.1, -0.05) is 190 Å². The molecule has 21 rings (SSSR count). The van der Waals surface area contributed by atoms with Crippen molar-refractivity contribution in [2.24, 2.45) is 209 Å². The third-order valence-corrected chi connectivity index (χ3v) is 36.0. The predicted octanol–water partition coefficient (Wildman–Crippen LogP) is 28.1. The fraction of sp³-hybridized carbons (Fsp3) is 1.00. The van der Waals surface area contributed by atoms with Gasteiger partial charge in [-0.05, 0) is 395 Å². The summed E-state index contributed by atoms with van der Waals surface area (Å²) >= 11 is 0. The van der Waals surface area contributed by atoms with Gasteiger partial charge in [0.2, 0.25) is 0 Å². The lowest BCUT2D eigenvalue weighted by Gasteiger charge is -2.62. The summed E-state index contributed by atoms with van der Waals surface area (Å²) in [5, 5.41) is 0. The van der Waals surface area contributed by atoms with Crippen molar-refractivity contribution in [1.82, 2.24) is 0 Å². The van der Waals surface area contributed by atoms with Gasteiger partial charge in [-0.3, -0.25) is 0 Å². The van der Waals surface area contributed by atoms with Crippen LogP contribution in [0.15, 0.2) is 0 Å². The first-order valence-electron chi connectivity index (χ1n) is 43.4. The molecule has 93 heavy (non-hydrogen) atoms. The Hall–Kier alpha value is 0. The van der Waals surface area contributed by atoms with Gasteiger partial charge >= 0.3 is 0 Å². The van der Waals surface area contributed by atoms with Gasteiger partial charge in [-0.25, -0.2) is 0 Å². The molecule has 0 heterocycles. The molecular weight excluding hydrogens is 1120 g/mol. The van der Waals surface area contributed by atoms with E-state index in [1.807, 2.05) is 0 Å². The van der Waals surface area contributed by atoms with Crippen LogP contribution in [0.25, 0.3) is 0 Å². The van der Waals surface area contributed by atoms with Crippen molar-refractivity contribution in [2.45, 2.75) is 377 Å². The summed E-state index contributed by atoms with van der Waals surface area (Å²) in [7, 11) is 0. The molecule has 0 saturated heterocycles. The maximum atomic E-state index is 2.49. The molecule has 21 aliphatic rings. The molecule has 21 aliphatic carbocycles. The van der Waals surface area contributed by atoms with Crippen molar-refractivity contribution in [3.63, 3.8) is 0 Å². The average Bonchev–Trinajstić information content (AvgIpc) is 1.69. The third kappa shape index (κ3) is 14.1. The van der Waals surface area contributed by atoms with Gasteiger partial charge in [0, 0.05) is 0 Å². The molecule has 21 saturated carbocycles. The molecule has 0 aromatic carbocycles. The molecule has 0 aromatic rings. The second kappa shape index (κ2) is 26.1. The number of hydrogen-bond donors (Lipinski definition) is 0. The van der Waals surface area contributed by atoms with Crippen molar-refractivity contribution in [2.75, 3.05) is 0 Å². The quantitative estimate of drug-likeness (QED) is 0.212. The molecule has 0 amide bonds. The highest BCUT2D eigenvalue weighted by Gasteiger charge is 2.65. The average molecular weight is 1280 g/mol. The lowest BCUT2D eigenvalue weighted by Crippen LogP contribution is -2.51. The number of rotatable bonds is 0.